The second-order valence-electron chi connectivity index (χ2n) is 6.97. The van der Waals surface area contributed by atoms with Crippen molar-refractivity contribution in [1.82, 2.24) is 19.7 Å². The molecule has 2 heterocycles. The lowest BCUT2D eigenvalue weighted by molar-refractivity contribution is -0.131. The maximum Gasteiger partial charge on any atom is 0.233 e. The molecule has 146 valence electrons. The Morgan fingerprint density at radius 1 is 1.33 bits per heavy atom. The molecular formula is C20H28N4O2S. The number of ether oxygens (including phenoxy) is 1. The van der Waals surface area contributed by atoms with Crippen LogP contribution in [0, 0.1) is 6.92 Å². The topological polar surface area (TPSA) is 60.2 Å². The largest absolute Gasteiger partial charge is 0.486 e. The molecule has 7 heteroatoms. The molecule has 0 spiro atoms. The molecule has 1 aliphatic rings. The number of carbonyl (C=O) groups is 1. The van der Waals surface area contributed by atoms with Gasteiger partial charge in [-0.2, -0.15) is 0 Å². The highest BCUT2D eigenvalue weighted by molar-refractivity contribution is 7.99. The number of piperidine rings is 1. The average Bonchev–Trinajstić information content (AvgIpc) is 3.06. The Balaban J connectivity index is 1.59. The first-order valence-electron chi connectivity index (χ1n) is 9.62. The molecule has 6 nitrogen and oxygen atoms in total. The van der Waals surface area contributed by atoms with E-state index < -0.39 is 0 Å². The van der Waals surface area contributed by atoms with Crippen LogP contribution in [0.25, 0.3) is 0 Å². The molecule has 1 amide bonds. The third kappa shape index (κ3) is 5.03. The third-order valence-corrected chi connectivity index (χ3v) is 5.87. The van der Waals surface area contributed by atoms with Gasteiger partial charge < -0.3 is 14.2 Å². The number of carbonyl (C=O) groups excluding carboxylic acids is 1. The summed E-state index contributed by atoms with van der Waals surface area (Å²) in [4.78, 5) is 14.6. The zero-order valence-corrected chi connectivity index (χ0v) is 17.2. The van der Waals surface area contributed by atoms with E-state index in [1.165, 1.54) is 18.2 Å². The first-order chi connectivity index (χ1) is 13.1. The van der Waals surface area contributed by atoms with Crippen LogP contribution in [-0.2, 0) is 17.9 Å². The van der Waals surface area contributed by atoms with Crippen molar-refractivity contribution in [1.29, 1.82) is 0 Å². The Hall–Kier alpha value is -2.02. The van der Waals surface area contributed by atoms with E-state index in [0.29, 0.717) is 18.4 Å². The van der Waals surface area contributed by atoms with Gasteiger partial charge in [0.25, 0.3) is 0 Å². The van der Waals surface area contributed by atoms with Crippen molar-refractivity contribution in [2.24, 2.45) is 0 Å². The summed E-state index contributed by atoms with van der Waals surface area (Å²) in [5, 5.41) is 9.33. The van der Waals surface area contributed by atoms with Gasteiger partial charge in [-0.3, -0.25) is 4.79 Å². The standard InChI is InChI=1S/C20H28N4O2S/c1-4-23-18(13-26-17-10-7-8-15(2)12-17)21-22-20(23)27-14-19(25)24-11-6-5-9-16(24)3/h7-8,10,12,16H,4-6,9,11,13-14H2,1-3H3/t16-/m0/s1. The summed E-state index contributed by atoms with van der Waals surface area (Å²) in [5.74, 6) is 2.20. The predicted octanol–water partition coefficient (Wildman–Crippen LogP) is 3.68. The van der Waals surface area contributed by atoms with Crippen LogP contribution < -0.4 is 4.74 Å². The summed E-state index contributed by atoms with van der Waals surface area (Å²) in [6.07, 6.45) is 3.42. The van der Waals surface area contributed by atoms with E-state index in [1.54, 1.807) is 0 Å². The van der Waals surface area contributed by atoms with Gasteiger partial charge in [-0.25, -0.2) is 0 Å². The molecule has 0 aliphatic carbocycles. The van der Waals surface area contributed by atoms with Gasteiger partial charge in [0.2, 0.25) is 5.91 Å². The number of thioether (sulfide) groups is 1. The number of aromatic nitrogens is 3. The molecule has 2 aromatic rings. The molecule has 27 heavy (non-hydrogen) atoms. The molecule has 0 N–H and O–H groups in total. The third-order valence-electron chi connectivity index (χ3n) is 4.92. The second kappa shape index (κ2) is 9.26. The molecule has 3 rings (SSSR count). The van der Waals surface area contributed by atoms with Crippen molar-refractivity contribution in [3.05, 3.63) is 35.7 Å². The Morgan fingerprint density at radius 2 is 2.19 bits per heavy atom. The number of aryl methyl sites for hydroxylation is 1. The molecule has 1 atom stereocenters. The van der Waals surface area contributed by atoms with Crippen LogP contribution >= 0.6 is 11.8 Å². The summed E-state index contributed by atoms with van der Waals surface area (Å²) >= 11 is 1.46. The van der Waals surface area contributed by atoms with E-state index in [9.17, 15) is 4.79 Å². The normalized spacial score (nSPS) is 17.1. The molecule has 1 saturated heterocycles. The van der Waals surface area contributed by atoms with Crippen LogP contribution in [0.3, 0.4) is 0 Å². The van der Waals surface area contributed by atoms with Gasteiger partial charge in [0.05, 0.1) is 5.75 Å². The minimum atomic E-state index is 0.190. The number of amides is 1. The second-order valence-corrected chi connectivity index (χ2v) is 7.91. The Bertz CT molecular complexity index is 777. The van der Waals surface area contributed by atoms with Crippen LogP contribution in [0.1, 0.15) is 44.5 Å². The van der Waals surface area contributed by atoms with Crippen molar-refractivity contribution in [2.45, 2.75) is 64.4 Å². The zero-order valence-electron chi connectivity index (χ0n) is 16.4. The van der Waals surface area contributed by atoms with Gasteiger partial charge in [0.1, 0.15) is 12.4 Å². The van der Waals surface area contributed by atoms with E-state index >= 15 is 0 Å². The van der Waals surface area contributed by atoms with E-state index in [2.05, 4.69) is 24.0 Å². The number of hydrogen-bond acceptors (Lipinski definition) is 5. The molecule has 0 unspecified atom stereocenters. The van der Waals surface area contributed by atoms with Gasteiger partial charge in [0, 0.05) is 19.1 Å². The molecule has 1 aliphatic heterocycles. The highest BCUT2D eigenvalue weighted by Gasteiger charge is 2.24. The van der Waals surface area contributed by atoms with Crippen molar-refractivity contribution in [3.63, 3.8) is 0 Å². The van der Waals surface area contributed by atoms with E-state index in [0.717, 1.165) is 48.2 Å². The average molecular weight is 389 g/mol. The van der Waals surface area contributed by atoms with Crippen LogP contribution in [0.4, 0.5) is 0 Å². The van der Waals surface area contributed by atoms with Crippen LogP contribution in [0.5, 0.6) is 5.75 Å². The van der Waals surface area contributed by atoms with Crippen LogP contribution in [0.2, 0.25) is 0 Å². The fourth-order valence-electron chi connectivity index (χ4n) is 3.38. The smallest absolute Gasteiger partial charge is 0.233 e. The lowest BCUT2D eigenvalue weighted by atomic mass is 10.0. The summed E-state index contributed by atoms with van der Waals surface area (Å²) in [7, 11) is 0. The van der Waals surface area contributed by atoms with E-state index in [-0.39, 0.29) is 5.91 Å². The fraction of sp³-hybridized carbons (Fsp3) is 0.550. The van der Waals surface area contributed by atoms with Crippen molar-refractivity contribution in [3.8, 4) is 5.75 Å². The highest BCUT2D eigenvalue weighted by Crippen LogP contribution is 2.22. The molecule has 1 aromatic carbocycles. The van der Waals surface area contributed by atoms with E-state index in [1.807, 2.05) is 40.7 Å². The Labute approximate surface area is 165 Å². The SMILES string of the molecule is CCn1c(COc2cccc(C)c2)nnc1SCC(=O)N1CCCC[C@@H]1C. The molecule has 0 bridgehead atoms. The molecule has 0 radical (unpaired) electrons. The van der Waals surface area contributed by atoms with Crippen molar-refractivity contribution in [2.75, 3.05) is 12.3 Å². The predicted molar refractivity (Wildman–Crippen MR) is 107 cm³/mol. The summed E-state index contributed by atoms with van der Waals surface area (Å²) in [6.45, 7) is 8.21. The maximum atomic E-state index is 12.6. The zero-order chi connectivity index (χ0) is 19.2. The number of nitrogens with zero attached hydrogens (tertiary/aromatic N) is 4. The molecular weight excluding hydrogens is 360 g/mol. The summed E-state index contributed by atoms with van der Waals surface area (Å²) in [6, 6.07) is 8.29. The van der Waals surface area contributed by atoms with Gasteiger partial charge in [-0.1, -0.05) is 23.9 Å². The lowest BCUT2D eigenvalue weighted by Gasteiger charge is -2.33. The minimum absolute atomic E-state index is 0.190. The lowest BCUT2D eigenvalue weighted by Crippen LogP contribution is -2.43. The highest BCUT2D eigenvalue weighted by atomic mass is 32.2. The molecule has 0 saturated carbocycles. The number of likely N-dealkylation sites (tertiary alicyclic amines) is 1. The monoisotopic (exact) mass is 388 g/mol. The van der Waals surface area contributed by atoms with Gasteiger partial charge in [0.15, 0.2) is 11.0 Å². The summed E-state index contributed by atoms with van der Waals surface area (Å²) in [5.41, 5.74) is 1.16. The molecule has 1 aromatic heterocycles. The van der Waals surface area contributed by atoms with Gasteiger partial charge in [-0.15, -0.1) is 10.2 Å². The molecule has 1 fully saturated rings. The number of hydrogen-bond donors (Lipinski definition) is 0. The van der Waals surface area contributed by atoms with E-state index in [4.69, 9.17) is 4.74 Å². The van der Waals surface area contributed by atoms with Gasteiger partial charge >= 0.3 is 0 Å². The quantitative estimate of drug-likeness (QED) is 0.677. The fourth-order valence-corrected chi connectivity index (χ4v) is 4.29. The Morgan fingerprint density at radius 3 is 2.93 bits per heavy atom. The first-order valence-corrected chi connectivity index (χ1v) is 10.6. The van der Waals surface area contributed by atoms with Crippen molar-refractivity contribution < 1.29 is 9.53 Å². The minimum Gasteiger partial charge on any atom is -0.486 e. The number of rotatable bonds is 7. The first kappa shape index (κ1) is 19.7. The van der Waals surface area contributed by atoms with Crippen LogP contribution in [-0.4, -0.2) is 43.9 Å². The van der Waals surface area contributed by atoms with Crippen molar-refractivity contribution >= 4 is 17.7 Å². The van der Waals surface area contributed by atoms with Crippen LogP contribution in [0.15, 0.2) is 29.4 Å². The van der Waals surface area contributed by atoms with Gasteiger partial charge in [-0.05, 0) is 57.7 Å². The summed E-state index contributed by atoms with van der Waals surface area (Å²) < 4.78 is 7.88. The Kier molecular flexibility index (Phi) is 6.77. The number of benzene rings is 1. The maximum absolute atomic E-state index is 12.6.